The molecule has 1 saturated heterocycles. The number of cyclic esters (lactones) is 1. The lowest BCUT2D eigenvalue weighted by atomic mass is 10.1. The maximum atomic E-state index is 10.8. The van der Waals surface area contributed by atoms with E-state index in [-0.39, 0.29) is 12.1 Å². The van der Waals surface area contributed by atoms with Crippen LogP contribution in [-0.4, -0.2) is 12.1 Å². The van der Waals surface area contributed by atoms with Crippen LogP contribution in [0.1, 0.15) is 58.3 Å². The van der Waals surface area contributed by atoms with Crippen molar-refractivity contribution in [2.24, 2.45) is 0 Å². The minimum absolute atomic E-state index is 0.0485. The Kier molecular flexibility index (Phi) is 6.14. The summed E-state index contributed by atoms with van der Waals surface area (Å²) >= 11 is 0. The average molecular weight is 210 g/mol. The highest BCUT2D eigenvalue weighted by Gasteiger charge is 2.19. The molecule has 1 rings (SSSR count). The molecular formula is C13H22O2. The molecule has 1 fully saturated rings. The smallest absolute Gasteiger partial charge is 0.306 e. The van der Waals surface area contributed by atoms with E-state index in [2.05, 4.69) is 13.0 Å². The molecule has 1 heterocycles. The molecule has 0 radical (unpaired) electrons. The summed E-state index contributed by atoms with van der Waals surface area (Å²) in [6.45, 7) is 2.23. The zero-order valence-electron chi connectivity index (χ0n) is 9.71. The van der Waals surface area contributed by atoms with Gasteiger partial charge in [-0.3, -0.25) is 4.79 Å². The summed E-state index contributed by atoms with van der Waals surface area (Å²) < 4.78 is 5.08. The molecule has 0 spiro atoms. The van der Waals surface area contributed by atoms with Gasteiger partial charge >= 0.3 is 5.97 Å². The van der Waals surface area contributed by atoms with Gasteiger partial charge < -0.3 is 4.74 Å². The molecule has 0 aromatic carbocycles. The fourth-order valence-corrected chi connectivity index (χ4v) is 1.80. The third kappa shape index (κ3) is 5.60. The van der Waals surface area contributed by atoms with Crippen LogP contribution in [0.25, 0.3) is 0 Å². The summed E-state index contributed by atoms with van der Waals surface area (Å²) in [5.41, 5.74) is 0. The molecule has 1 unspecified atom stereocenters. The van der Waals surface area contributed by atoms with Crippen molar-refractivity contribution in [3.05, 3.63) is 12.2 Å². The van der Waals surface area contributed by atoms with Crippen LogP contribution >= 0.6 is 0 Å². The Bertz CT molecular complexity index is 209. The Hall–Kier alpha value is -0.790. The third-order valence-electron chi connectivity index (χ3n) is 2.74. The molecule has 0 aliphatic carbocycles. The van der Waals surface area contributed by atoms with Crippen LogP contribution in [-0.2, 0) is 9.53 Å². The van der Waals surface area contributed by atoms with Crippen LogP contribution in [0.15, 0.2) is 12.2 Å². The van der Waals surface area contributed by atoms with Gasteiger partial charge in [0.2, 0.25) is 0 Å². The molecule has 15 heavy (non-hydrogen) atoms. The molecule has 2 heteroatoms. The van der Waals surface area contributed by atoms with Crippen molar-refractivity contribution in [3.63, 3.8) is 0 Å². The molecule has 2 nitrogen and oxygen atoms in total. The zero-order chi connectivity index (χ0) is 10.9. The average Bonchev–Trinajstić information content (AvgIpc) is 2.63. The van der Waals surface area contributed by atoms with Crippen molar-refractivity contribution in [3.8, 4) is 0 Å². The number of carbonyl (C=O) groups is 1. The zero-order valence-corrected chi connectivity index (χ0v) is 9.71. The first-order valence-corrected chi connectivity index (χ1v) is 6.19. The summed E-state index contributed by atoms with van der Waals surface area (Å²) in [7, 11) is 0. The standard InChI is InChI=1S/C13H22O2/c1-2-3-4-5-6-7-8-9-12-10-11-13(14)15-12/h8-9,12H,2-7,10-11H2,1H3/b9-8+. The summed E-state index contributed by atoms with van der Waals surface area (Å²) in [6, 6.07) is 0. The number of carbonyl (C=O) groups excluding carboxylic acids is 1. The lowest BCUT2D eigenvalue weighted by Gasteiger charge is -2.01. The Morgan fingerprint density at radius 3 is 2.80 bits per heavy atom. The number of esters is 1. The van der Waals surface area contributed by atoms with Crippen LogP contribution in [0.4, 0.5) is 0 Å². The van der Waals surface area contributed by atoms with Crippen molar-refractivity contribution in [2.45, 2.75) is 64.4 Å². The quantitative estimate of drug-likeness (QED) is 0.364. The van der Waals surface area contributed by atoms with Crippen molar-refractivity contribution in [1.29, 1.82) is 0 Å². The van der Waals surface area contributed by atoms with E-state index in [0.29, 0.717) is 6.42 Å². The van der Waals surface area contributed by atoms with Crippen molar-refractivity contribution >= 4 is 5.97 Å². The monoisotopic (exact) mass is 210 g/mol. The predicted octanol–water partition coefficient (Wildman–Crippen LogP) is 3.61. The second kappa shape index (κ2) is 7.49. The topological polar surface area (TPSA) is 26.3 Å². The van der Waals surface area contributed by atoms with Crippen molar-refractivity contribution in [2.75, 3.05) is 0 Å². The van der Waals surface area contributed by atoms with Gasteiger partial charge in [-0.15, -0.1) is 0 Å². The van der Waals surface area contributed by atoms with E-state index in [0.717, 1.165) is 12.8 Å². The SMILES string of the molecule is CCCCCCC/C=C/C1CCC(=O)O1. The van der Waals surface area contributed by atoms with Crippen LogP contribution in [0.2, 0.25) is 0 Å². The Morgan fingerprint density at radius 1 is 1.33 bits per heavy atom. The van der Waals surface area contributed by atoms with E-state index in [1.54, 1.807) is 0 Å². The van der Waals surface area contributed by atoms with Gasteiger partial charge in [0.15, 0.2) is 0 Å². The molecule has 86 valence electrons. The van der Waals surface area contributed by atoms with Gasteiger partial charge in [0, 0.05) is 6.42 Å². The van der Waals surface area contributed by atoms with Crippen LogP contribution in [0, 0.1) is 0 Å². The lowest BCUT2D eigenvalue weighted by molar-refractivity contribution is -0.139. The maximum absolute atomic E-state index is 10.8. The van der Waals surface area contributed by atoms with Crippen LogP contribution in [0.3, 0.4) is 0 Å². The van der Waals surface area contributed by atoms with Crippen molar-refractivity contribution < 1.29 is 9.53 Å². The van der Waals surface area contributed by atoms with E-state index in [1.165, 1.54) is 32.1 Å². The second-order valence-corrected chi connectivity index (χ2v) is 4.20. The highest BCUT2D eigenvalue weighted by Crippen LogP contribution is 2.15. The molecule has 0 aromatic rings. The van der Waals surface area contributed by atoms with Gasteiger partial charge in [-0.25, -0.2) is 0 Å². The van der Waals surface area contributed by atoms with E-state index < -0.39 is 0 Å². The normalized spacial score (nSPS) is 21.1. The molecular weight excluding hydrogens is 188 g/mol. The molecule has 0 amide bonds. The number of unbranched alkanes of at least 4 members (excludes halogenated alkanes) is 5. The minimum atomic E-state index is -0.0485. The van der Waals surface area contributed by atoms with E-state index in [4.69, 9.17) is 4.74 Å². The summed E-state index contributed by atoms with van der Waals surface area (Å²) in [5.74, 6) is -0.0485. The lowest BCUT2D eigenvalue weighted by Crippen LogP contribution is -2.01. The maximum Gasteiger partial charge on any atom is 0.306 e. The third-order valence-corrected chi connectivity index (χ3v) is 2.74. The highest BCUT2D eigenvalue weighted by molar-refractivity contribution is 5.71. The first-order valence-electron chi connectivity index (χ1n) is 6.19. The van der Waals surface area contributed by atoms with Gasteiger partial charge in [0.1, 0.15) is 6.10 Å². The molecule has 0 bridgehead atoms. The molecule has 0 aromatic heterocycles. The summed E-state index contributed by atoms with van der Waals surface area (Å²) in [5, 5.41) is 0. The van der Waals surface area contributed by atoms with Gasteiger partial charge in [-0.2, -0.15) is 0 Å². The Balaban J connectivity index is 1.95. The first-order chi connectivity index (χ1) is 7.33. The van der Waals surface area contributed by atoms with Gasteiger partial charge in [0.05, 0.1) is 0 Å². The summed E-state index contributed by atoms with van der Waals surface area (Å²) in [6.07, 6.45) is 13.4. The minimum Gasteiger partial charge on any atom is -0.458 e. The molecule has 1 aliphatic heterocycles. The second-order valence-electron chi connectivity index (χ2n) is 4.20. The van der Waals surface area contributed by atoms with Gasteiger partial charge in [0.25, 0.3) is 0 Å². The fourth-order valence-electron chi connectivity index (χ4n) is 1.80. The van der Waals surface area contributed by atoms with Gasteiger partial charge in [-0.05, 0) is 25.3 Å². The number of hydrogen-bond acceptors (Lipinski definition) is 2. The van der Waals surface area contributed by atoms with E-state index >= 15 is 0 Å². The Labute approximate surface area is 92.7 Å². The van der Waals surface area contributed by atoms with Crippen molar-refractivity contribution in [1.82, 2.24) is 0 Å². The van der Waals surface area contributed by atoms with Crippen LogP contribution in [0.5, 0.6) is 0 Å². The molecule has 1 atom stereocenters. The number of ether oxygens (including phenoxy) is 1. The fraction of sp³-hybridized carbons (Fsp3) is 0.769. The number of hydrogen-bond donors (Lipinski definition) is 0. The number of rotatable bonds is 7. The molecule has 0 N–H and O–H groups in total. The number of allylic oxidation sites excluding steroid dienone is 1. The van der Waals surface area contributed by atoms with Gasteiger partial charge in [-0.1, -0.05) is 38.7 Å². The molecule has 0 saturated carbocycles. The highest BCUT2D eigenvalue weighted by atomic mass is 16.5. The van der Waals surface area contributed by atoms with E-state index in [9.17, 15) is 4.79 Å². The molecule has 1 aliphatic rings. The predicted molar refractivity (Wildman–Crippen MR) is 61.6 cm³/mol. The van der Waals surface area contributed by atoms with E-state index in [1.807, 2.05) is 6.08 Å². The largest absolute Gasteiger partial charge is 0.458 e. The van der Waals surface area contributed by atoms with Crippen LogP contribution < -0.4 is 0 Å². The first kappa shape index (κ1) is 12.3. The summed E-state index contributed by atoms with van der Waals surface area (Å²) in [4.78, 5) is 10.8. The Morgan fingerprint density at radius 2 is 2.13 bits per heavy atom.